The number of aromatic nitrogens is 2. The fraction of sp³-hybridized carbons (Fsp3) is 0.111. The van der Waals surface area contributed by atoms with E-state index < -0.39 is 12.1 Å². The lowest BCUT2D eigenvalue weighted by atomic mass is 9.93. The van der Waals surface area contributed by atoms with E-state index in [4.69, 9.17) is 0 Å². The Kier molecular flexibility index (Phi) is 2.86. The maximum Gasteiger partial charge on any atom is 0.357 e. The highest BCUT2D eigenvalue weighted by atomic mass is 16.4. The number of aryl methyl sites for hydroxylation is 1. The first-order chi connectivity index (χ1) is 11.1. The molecule has 0 bridgehead atoms. The number of nitrogens with zero attached hydrogens (tertiary/aromatic N) is 1. The van der Waals surface area contributed by atoms with Crippen molar-refractivity contribution in [1.82, 2.24) is 10.2 Å². The topological polar surface area (TPSA) is 86.2 Å². The number of aromatic amines is 1. The summed E-state index contributed by atoms with van der Waals surface area (Å²) in [5, 5.41) is 26.8. The summed E-state index contributed by atoms with van der Waals surface area (Å²) in [5.74, 6) is -1.06. The van der Waals surface area contributed by atoms with Gasteiger partial charge in [-0.25, -0.2) is 4.79 Å². The fourth-order valence-electron chi connectivity index (χ4n) is 3.30. The first-order valence-electron chi connectivity index (χ1n) is 7.28. The highest BCUT2D eigenvalue weighted by Gasteiger charge is 2.25. The van der Waals surface area contributed by atoms with Crippen LogP contribution in [-0.4, -0.2) is 26.4 Å². The van der Waals surface area contributed by atoms with Gasteiger partial charge in [0.2, 0.25) is 0 Å². The van der Waals surface area contributed by atoms with E-state index in [1.807, 2.05) is 43.3 Å². The molecule has 0 aliphatic heterocycles. The number of nitrogens with one attached hydrogen (secondary N) is 1. The van der Waals surface area contributed by atoms with Crippen LogP contribution in [0.4, 0.5) is 0 Å². The molecule has 1 aliphatic carbocycles. The number of fused-ring (bicyclic) bond motifs is 2. The van der Waals surface area contributed by atoms with Gasteiger partial charge in [-0.2, -0.15) is 5.10 Å². The van der Waals surface area contributed by atoms with Crippen molar-refractivity contribution in [1.29, 1.82) is 0 Å². The van der Waals surface area contributed by atoms with Crippen LogP contribution in [0.15, 0.2) is 42.5 Å². The number of aliphatic hydroxyl groups excluding tert-OH is 1. The molecule has 1 unspecified atom stereocenters. The second-order valence-electron chi connectivity index (χ2n) is 5.65. The Labute approximate surface area is 131 Å². The smallest absolute Gasteiger partial charge is 0.357 e. The van der Waals surface area contributed by atoms with Crippen molar-refractivity contribution in [2.75, 3.05) is 0 Å². The normalized spacial score (nSPS) is 16.4. The molecule has 4 rings (SSSR count). The van der Waals surface area contributed by atoms with Gasteiger partial charge in [0.1, 0.15) is 0 Å². The fourth-order valence-corrected chi connectivity index (χ4v) is 3.30. The zero-order valence-electron chi connectivity index (χ0n) is 12.4. The summed E-state index contributed by atoms with van der Waals surface area (Å²) in [7, 11) is 0. The van der Waals surface area contributed by atoms with Crippen LogP contribution < -0.4 is 0 Å². The van der Waals surface area contributed by atoms with Gasteiger partial charge in [0, 0.05) is 5.39 Å². The second kappa shape index (κ2) is 4.79. The van der Waals surface area contributed by atoms with Crippen LogP contribution in [0.1, 0.15) is 38.8 Å². The molecule has 0 saturated carbocycles. The summed E-state index contributed by atoms with van der Waals surface area (Å²) in [5.41, 5.74) is 5.22. The molecule has 0 fully saturated rings. The Morgan fingerprint density at radius 3 is 2.74 bits per heavy atom. The van der Waals surface area contributed by atoms with Crippen LogP contribution in [0.5, 0.6) is 0 Å². The van der Waals surface area contributed by atoms with Crippen LogP contribution in [0.25, 0.3) is 16.5 Å². The van der Waals surface area contributed by atoms with E-state index in [1.54, 1.807) is 6.08 Å². The SMILES string of the molecule is Cc1c(C2=CC(O)c3ccccc32)ccc2[nH]nc(C(=O)O)c12. The van der Waals surface area contributed by atoms with Crippen molar-refractivity contribution in [3.63, 3.8) is 0 Å². The molecule has 3 N–H and O–H groups in total. The molecule has 2 aromatic carbocycles. The van der Waals surface area contributed by atoms with E-state index in [2.05, 4.69) is 10.2 Å². The predicted octanol–water partition coefficient (Wildman–Crippen LogP) is 3.05. The lowest BCUT2D eigenvalue weighted by molar-refractivity contribution is 0.0692. The Morgan fingerprint density at radius 1 is 1.17 bits per heavy atom. The monoisotopic (exact) mass is 306 g/mol. The Hall–Kier alpha value is -2.92. The van der Waals surface area contributed by atoms with Crippen LogP contribution in [0.3, 0.4) is 0 Å². The molecular formula is C18H14N2O3. The summed E-state index contributed by atoms with van der Waals surface area (Å²) < 4.78 is 0. The minimum absolute atomic E-state index is 0.0202. The van der Waals surface area contributed by atoms with E-state index in [0.717, 1.165) is 27.8 Å². The molecule has 5 nitrogen and oxygen atoms in total. The molecule has 1 heterocycles. The van der Waals surface area contributed by atoms with Crippen LogP contribution in [0.2, 0.25) is 0 Å². The molecule has 5 heteroatoms. The number of carbonyl (C=O) groups is 1. The zero-order valence-corrected chi connectivity index (χ0v) is 12.4. The van der Waals surface area contributed by atoms with Crippen molar-refractivity contribution in [2.24, 2.45) is 0 Å². The van der Waals surface area contributed by atoms with Crippen LogP contribution in [-0.2, 0) is 0 Å². The average Bonchev–Trinajstić information content (AvgIpc) is 3.11. The molecule has 23 heavy (non-hydrogen) atoms. The first-order valence-corrected chi connectivity index (χ1v) is 7.28. The van der Waals surface area contributed by atoms with Gasteiger partial charge < -0.3 is 10.2 Å². The van der Waals surface area contributed by atoms with E-state index in [-0.39, 0.29) is 5.69 Å². The Morgan fingerprint density at radius 2 is 1.96 bits per heavy atom. The maximum atomic E-state index is 11.4. The zero-order chi connectivity index (χ0) is 16.1. The van der Waals surface area contributed by atoms with Crippen molar-refractivity contribution in [3.05, 3.63) is 70.4 Å². The van der Waals surface area contributed by atoms with E-state index in [0.29, 0.717) is 10.9 Å². The lowest BCUT2D eigenvalue weighted by Gasteiger charge is -2.10. The number of benzene rings is 2. The van der Waals surface area contributed by atoms with E-state index in [1.165, 1.54) is 0 Å². The van der Waals surface area contributed by atoms with Gasteiger partial charge in [0.05, 0.1) is 11.6 Å². The highest BCUT2D eigenvalue weighted by molar-refractivity contribution is 6.04. The molecule has 114 valence electrons. The van der Waals surface area contributed by atoms with E-state index in [9.17, 15) is 15.0 Å². The summed E-state index contributed by atoms with van der Waals surface area (Å²) in [6.45, 7) is 1.88. The number of rotatable bonds is 2. The van der Waals surface area contributed by atoms with Gasteiger partial charge in [0.15, 0.2) is 5.69 Å². The van der Waals surface area contributed by atoms with Gasteiger partial charge in [-0.15, -0.1) is 0 Å². The molecule has 0 amide bonds. The minimum Gasteiger partial charge on any atom is -0.476 e. The van der Waals surface area contributed by atoms with Crippen LogP contribution in [0, 0.1) is 6.92 Å². The van der Waals surface area contributed by atoms with Crippen LogP contribution >= 0.6 is 0 Å². The third kappa shape index (κ3) is 1.90. The van der Waals surface area contributed by atoms with E-state index >= 15 is 0 Å². The number of aromatic carboxylic acids is 1. The summed E-state index contributed by atoms with van der Waals surface area (Å²) >= 11 is 0. The number of carboxylic acids is 1. The van der Waals surface area contributed by atoms with Gasteiger partial charge in [-0.3, -0.25) is 5.10 Å². The highest BCUT2D eigenvalue weighted by Crippen LogP contribution is 2.40. The van der Waals surface area contributed by atoms with Crippen molar-refractivity contribution >= 4 is 22.4 Å². The second-order valence-corrected chi connectivity index (χ2v) is 5.65. The number of hydrogen-bond donors (Lipinski definition) is 3. The summed E-state index contributed by atoms with van der Waals surface area (Å²) in [6, 6.07) is 11.5. The molecule has 0 radical (unpaired) electrons. The molecule has 1 atom stereocenters. The van der Waals surface area contributed by atoms with Gasteiger partial charge in [0.25, 0.3) is 0 Å². The van der Waals surface area contributed by atoms with Crippen molar-refractivity contribution in [3.8, 4) is 0 Å². The minimum atomic E-state index is -1.06. The Bertz CT molecular complexity index is 985. The number of carboxylic acid groups (broad SMARTS) is 1. The molecular weight excluding hydrogens is 292 g/mol. The molecule has 0 saturated heterocycles. The Balaban J connectivity index is 1.98. The first kappa shape index (κ1) is 13.7. The summed E-state index contributed by atoms with van der Waals surface area (Å²) in [4.78, 5) is 11.4. The largest absolute Gasteiger partial charge is 0.476 e. The van der Waals surface area contributed by atoms with Crippen molar-refractivity contribution in [2.45, 2.75) is 13.0 Å². The summed E-state index contributed by atoms with van der Waals surface area (Å²) in [6.07, 6.45) is 1.17. The lowest BCUT2D eigenvalue weighted by Crippen LogP contribution is -1.99. The molecule has 1 aliphatic rings. The van der Waals surface area contributed by atoms with Gasteiger partial charge in [-0.1, -0.05) is 30.3 Å². The quantitative estimate of drug-likeness (QED) is 0.679. The standard InChI is InChI=1S/C18H14N2O3/c1-9-10(6-7-14-16(9)17(18(22)23)20-19-14)13-8-15(21)12-5-3-2-4-11(12)13/h2-8,15,21H,1H3,(H,19,20)(H,22,23). The maximum absolute atomic E-state index is 11.4. The molecule has 0 spiro atoms. The molecule has 1 aromatic heterocycles. The predicted molar refractivity (Wildman–Crippen MR) is 86.3 cm³/mol. The number of H-pyrrole nitrogens is 1. The number of hydrogen-bond acceptors (Lipinski definition) is 3. The number of aliphatic hydroxyl groups is 1. The van der Waals surface area contributed by atoms with Gasteiger partial charge >= 0.3 is 5.97 Å². The van der Waals surface area contributed by atoms with Gasteiger partial charge in [-0.05, 0) is 46.9 Å². The molecule has 3 aromatic rings. The average molecular weight is 306 g/mol. The third-order valence-electron chi connectivity index (χ3n) is 4.38. The van der Waals surface area contributed by atoms with Crippen molar-refractivity contribution < 1.29 is 15.0 Å². The third-order valence-corrected chi connectivity index (χ3v) is 4.38.